The van der Waals surface area contributed by atoms with Crippen molar-refractivity contribution < 1.29 is 13.6 Å². The van der Waals surface area contributed by atoms with Crippen LogP contribution in [0.1, 0.15) is 5.69 Å². The van der Waals surface area contributed by atoms with Gasteiger partial charge < -0.3 is 4.84 Å². The Morgan fingerprint density at radius 3 is 2.41 bits per heavy atom. The predicted octanol–water partition coefficient (Wildman–Crippen LogP) is 4.61. The van der Waals surface area contributed by atoms with Gasteiger partial charge >= 0.3 is 0 Å². The second-order valence-corrected chi connectivity index (χ2v) is 6.10. The minimum Gasteiger partial charge on any atom is -0.410 e. The average Bonchev–Trinajstić information content (AvgIpc) is 3.01. The van der Waals surface area contributed by atoms with E-state index in [1.54, 1.807) is 29.3 Å². The standard InChI is InChI=1S/C21H17F2N3O/c1-14-2-7-18-20(25-14)19(15-3-5-17(23)6-4-15)21(26(18)27-13-10-22)16-8-11-24-12-9-16/h2-9,11-12H,10,13H2,1H3. The number of halogens is 2. The van der Waals surface area contributed by atoms with E-state index >= 15 is 0 Å². The minimum atomic E-state index is -0.610. The topological polar surface area (TPSA) is 39.9 Å². The van der Waals surface area contributed by atoms with Gasteiger partial charge in [0.1, 0.15) is 30.1 Å². The molecule has 0 bridgehead atoms. The van der Waals surface area contributed by atoms with Crippen LogP contribution in [0.2, 0.25) is 0 Å². The first-order chi connectivity index (χ1) is 13.2. The van der Waals surface area contributed by atoms with Gasteiger partial charge in [-0.15, -0.1) is 0 Å². The van der Waals surface area contributed by atoms with Crippen molar-refractivity contribution in [2.75, 3.05) is 13.3 Å². The van der Waals surface area contributed by atoms with Crippen molar-refractivity contribution in [3.8, 4) is 22.4 Å². The Kier molecular flexibility index (Phi) is 4.54. The van der Waals surface area contributed by atoms with E-state index in [2.05, 4.69) is 9.97 Å². The van der Waals surface area contributed by atoms with Crippen LogP contribution in [-0.4, -0.2) is 28.0 Å². The van der Waals surface area contributed by atoms with Gasteiger partial charge in [0, 0.05) is 29.2 Å². The number of hydrogen-bond donors (Lipinski definition) is 0. The third-order valence-electron chi connectivity index (χ3n) is 4.29. The van der Waals surface area contributed by atoms with E-state index in [9.17, 15) is 8.78 Å². The highest BCUT2D eigenvalue weighted by Gasteiger charge is 2.22. The lowest BCUT2D eigenvalue weighted by Crippen LogP contribution is -2.15. The molecule has 1 aromatic carbocycles. The van der Waals surface area contributed by atoms with Gasteiger partial charge in [-0.1, -0.05) is 12.1 Å². The first-order valence-electron chi connectivity index (χ1n) is 8.56. The van der Waals surface area contributed by atoms with Crippen LogP contribution < -0.4 is 4.84 Å². The molecule has 27 heavy (non-hydrogen) atoms. The number of hydrogen-bond acceptors (Lipinski definition) is 3. The smallest absolute Gasteiger partial charge is 0.143 e. The van der Waals surface area contributed by atoms with Crippen molar-refractivity contribution in [3.63, 3.8) is 0 Å². The predicted molar refractivity (Wildman–Crippen MR) is 101 cm³/mol. The molecule has 0 unspecified atom stereocenters. The Morgan fingerprint density at radius 1 is 0.963 bits per heavy atom. The molecule has 6 heteroatoms. The fraction of sp³-hybridized carbons (Fsp3) is 0.143. The molecule has 0 N–H and O–H groups in total. The lowest BCUT2D eigenvalue weighted by Gasteiger charge is -2.12. The number of rotatable bonds is 5. The van der Waals surface area contributed by atoms with Gasteiger partial charge in [-0.25, -0.2) is 8.78 Å². The normalized spacial score (nSPS) is 11.1. The quantitative estimate of drug-likeness (QED) is 0.518. The summed E-state index contributed by atoms with van der Waals surface area (Å²) in [4.78, 5) is 14.5. The molecule has 0 spiro atoms. The molecule has 0 radical (unpaired) electrons. The molecule has 0 saturated heterocycles. The summed E-state index contributed by atoms with van der Waals surface area (Å²) in [6.07, 6.45) is 3.36. The van der Waals surface area contributed by atoms with Crippen LogP contribution in [0, 0.1) is 12.7 Å². The van der Waals surface area contributed by atoms with Crippen LogP contribution in [0.5, 0.6) is 0 Å². The summed E-state index contributed by atoms with van der Waals surface area (Å²) < 4.78 is 27.9. The zero-order valence-corrected chi connectivity index (χ0v) is 14.7. The zero-order chi connectivity index (χ0) is 18.8. The van der Waals surface area contributed by atoms with Gasteiger partial charge in [-0.05, 0) is 48.9 Å². The van der Waals surface area contributed by atoms with E-state index in [-0.39, 0.29) is 12.4 Å². The molecule has 4 aromatic rings. The lowest BCUT2D eigenvalue weighted by molar-refractivity contribution is 0.110. The molecule has 0 aliphatic heterocycles. The molecular weight excluding hydrogens is 348 g/mol. The van der Waals surface area contributed by atoms with Gasteiger partial charge in [0.2, 0.25) is 0 Å². The Morgan fingerprint density at radius 2 is 1.70 bits per heavy atom. The zero-order valence-electron chi connectivity index (χ0n) is 14.7. The molecule has 4 nitrogen and oxygen atoms in total. The van der Waals surface area contributed by atoms with Crippen molar-refractivity contribution in [2.24, 2.45) is 0 Å². The molecule has 4 rings (SSSR count). The fourth-order valence-corrected chi connectivity index (χ4v) is 3.15. The Bertz CT molecular complexity index is 1080. The second-order valence-electron chi connectivity index (χ2n) is 6.10. The Hall–Kier alpha value is -3.28. The van der Waals surface area contributed by atoms with Gasteiger partial charge in [0.05, 0.1) is 5.69 Å². The first-order valence-corrected chi connectivity index (χ1v) is 8.56. The average molecular weight is 365 g/mol. The van der Waals surface area contributed by atoms with Gasteiger partial charge in [0.25, 0.3) is 0 Å². The highest BCUT2D eigenvalue weighted by molar-refractivity contribution is 6.02. The van der Waals surface area contributed by atoms with Gasteiger partial charge in [-0.3, -0.25) is 9.97 Å². The molecule has 0 fully saturated rings. The van der Waals surface area contributed by atoms with E-state index < -0.39 is 6.67 Å². The Labute approximate surface area is 155 Å². The van der Waals surface area contributed by atoms with E-state index in [1.807, 2.05) is 31.2 Å². The van der Waals surface area contributed by atoms with Crippen LogP contribution in [0.4, 0.5) is 8.78 Å². The molecule has 0 atom stereocenters. The molecule has 0 aliphatic carbocycles. The van der Waals surface area contributed by atoms with Crippen molar-refractivity contribution in [2.45, 2.75) is 6.92 Å². The molecule has 136 valence electrons. The minimum absolute atomic E-state index is 0.0847. The van der Waals surface area contributed by atoms with E-state index in [0.29, 0.717) is 5.52 Å². The van der Waals surface area contributed by atoms with E-state index in [4.69, 9.17) is 4.84 Å². The molecular formula is C21H17F2N3O. The third kappa shape index (κ3) is 3.14. The second kappa shape index (κ2) is 7.15. The molecule has 0 amide bonds. The van der Waals surface area contributed by atoms with Crippen LogP contribution >= 0.6 is 0 Å². The summed E-state index contributed by atoms with van der Waals surface area (Å²) in [5.74, 6) is -0.314. The number of nitrogens with zero attached hydrogens (tertiary/aromatic N) is 3. The van der Waals surface area contributed by atoms with E-state index in [1.165, 1.54) is 12.1 Å². The van der Waals surface area contributed by atoms with E-state index in [0.717, 1.165) is 33.6 Å². The highest BCUT2D eigenvalue weighted by Crippen LogP contribution is 2.39. The number of aryl methyl sites for hydroxylation is 1. The molecule has 0 saturated carbocycles. The summed E-state index contributed by atoms with van der Waals surface area (Å²) in [6.45, 7) is 1.21. The van der Waals surface area contributed by atoms with Crippen LogP contribution in [0.3, 0.4) is 0 Å². The summed E-state index contributed by atoms with van der Waals surface area (Å²) >= 11 is 0. The lowest BCUT2D eigenvalue weighted by atomic mass is 10.0. The summed E-state index contributed by atoms with van der Waals surface area (Å²) in [6, 6.07) is 13.7. The Balaban J connectivity index is 2.09. The monoisotopic (exact) mass is 365 g/mol. The van der Waals surface area contributed by atoms with Crippen LogP contribution in [0.25, 0.3) is 33.4 Å². The number of benzene rings is 1. The number of aromatic nitrogens is 3. The number of fused-ring (bicyclic) bond motifs is 1. The fourth-order valence-electron chi connectivity index (χ4n) is 3.15. The number of alkyl halides is 1. The molecule has 0 aliphatic rings. The summed E-state index contributed by atoms with van der Waals surface area (Å²) in [7, 11) is 0. The summed E-state index contributed by atoms with van der Waals surface area (Å²) in [5, 5.41) is 0. The van der Waals surface area contributed by atoms with Crippen LogP contribution in [0.15, 0.2) is 60.9 Å². The largest absolute Gasteiger partial charge is 0.410 e. The maximum Gasteiger partial charge on any atom is 0.143 e. The van der Waals surface area contributed by atoms with Crippen molar-refractivity contribution >= 4 is 11.0 Å². The van der Waals surface area contributed by atoms with Gasteiger partial charge in [-0.2, -0.15) is 4.73 Å². The molecule has 3 heterocycles. The number of pyridine rings is 2. The first kappa shape index (κ1) is 17.1. The SMILES string of the molecule is Cc1ccc2c(n1)c(-c1ccc(F)cc1)c(-c1ccncc1)n2OCCF. The maximum absolute atomic E-state index is 13.5. The van der Waals surface area contributed by atoms with Gasteiger partial charge in [0.15, 0.2) is 0 Å². The van der Waals surface area contributed by atoms with Crippen LogP contribution in [-0.2, 0) is 0 Å². The highest BCUT2D eigenvalue weighted by atomic mass is 19.1. The van der Waals surface area contributed by atoms with Crippen molar-refractivity contribution in [1.29, 1.82) is 0 Å². The van der Waals surface area contributed by atoms with Crippen molar-refractivity contribution in [3.05, 3.63) is 72.4 Å². The van der Waals surface area contributed by atoms with Crippen molar-refractivity contribution in [1.82, 2.24) is 14.7 Å². The molecule has 3 aromatic heterocycles. The maximum atomic E-state index is 13.5. The summed E-state index contributed by atoms with van der Waals surface area (Å²) in [5.41, 5.74) is 5.46. The third-order valence-corrected chi connectivity index (χ3v) is 4.29.